The van der Waals surface area contributed by atoms with Gasteiger partial charge in [-0.2, -0.15) is 0 Å². The Morgan fingerprint density at radius 3 is 1.62 bits per heavy atom. The highest BCUT2D eigenvalue weighted by atomic mass is 32.1. The molecular formula is C14H8S2. The van der Waals surface area contributed by atoms with Crippen molar-refractivity contribution in [3.63, 3.8) is 0 Å². The second-order valence-corrected chi connectivity index (χ2v) is 5.79. The summed E-state index contributed by atoms with van der Waals surface area (Å²) in [6.07, 6.45) is 8.93. The van der Waals surface area contributed by atoms with Gasteiger partial charge in [-0.05, 0) is 46.2 Å². The fourth-order valence-corrected chi connectivity index (χ4v) is 3.92. The summed E-state index contributed by atoms with van der Waals surface area (Å²) in [6, 6.07) is 4.45. The molecule has 2 aromatic heterocycles. The maximum Gasteiger partial charge on any atom is 0.0349 e. The lowest BCUT2D eigenvalue weighted by Crippen LogP contribution is -1.81. The smallest absolute Gasteiger partial charge is 0.0349 e. The summed E-state index contributed by atoms with van der Waals surface area (Å²) < 4.78 is 0. The largest absolute Gasteiger partial charge is 0.144 e. The summed E-state index contributed by atoms with van der Waals surface area (Å²) in [4.78, 5) is 2.78. The molecule has 0 fully saturated rings. The lowest BCUT2D eigenvalue weighted by molar-refractivity contribution is 1.76. The normalized spacial score (nSPS) is 20.5. The van der Waals surface area contributed by atoms with Gasteiger partial charge in [0.25, 0.3) is 0 Å². The van der Waals surface area contributed by atoms with Crippen LogP contribution in [0, 0.1) is 0 Å². The predicted molar refractivity (Wildman–Crippen MR) is 73.5 cm³/mol. The predicted octanol–water partition coefficient (Wildman–Crippen LogP) is 4.77. The minimum Gasteiger partial charge on any atom is -0.144 e. The molecule has 0 spiro atoms. The van der Waals surface area contributed by atoms with Gasteiger partial charge in [-0.15, -0.1) is 22.7 Å². The summed E-state index contributed by atoms with van der Waals surface area (Å²) in [5.74, 6) is 0. The quantitative estimate of drug-likeness (QED) is 0.622. The number of hydrogen-bond donors (Lipinski definition) is 0. The van der Waals surface area contributed by atoms with E-state index in [9.17, 15) is 0 Å². The number of fused-ring (bicyclic) bond motifs is 2. The van der Waals surface area contributed by atoms with Crippen molar-refractivity contribution in [2.24, 2.45) is 0 Å². The number of thiophene rings is 2. The van der Waals surface area contributed by atoms with E-state index < -0.39 is 0 Å². The van der Waals surface area contributed by atoms with E-state index in [1.807, 2.05) is 22.7 Å². The van der Waals surface area contributed by atoms with Crippen LogP contribution in [-0.4, -0.2) is 0 Å². The molecular weight excluding hydrogens is 232 g/mol. The van der Waals surface area contributed by atoms with E-state index in [1.54, 1.807) is 0 Å². The monoisotopic (exact) mass is 240 g/mol. The van der Waals surface area contributed by atoms with E-state index in [0.29, 0.717) is 0 Å². The van der Waals surface area contributed by atoms with Crippen molar-refractivity contribution in [1.82, 2.24) is 0 Å². The van der Waals surface area contributed by atoms with E-state index in [0.717, 1.165) is 0 Å². The first kappa shape index (κ1) is 8.74. The molecule has 4 rings (SSSR count). The molecule has 0 nitrogen and oxygen atoms in total. The fraction of sp³-hybridized carbons (Fsp3) is 0. The van der Waals surface area contributed by atoms with Crippen LogP contribution in [0.2, 0.25) is 0 Å². The molecule has 16 heavy (non-hydrogen) atoms. The third-order valence-electron chi connectivity index (χ3n) is 3.06. The first-order valence-corrected chi connectivity index (χ1v) is 6.95. The summed E-state index contributed by atoms with van der Waals surface area (Å²) >= 11 is 3.63. The van der Waals surface area contributed by atoms with Gasteiger partial charge in [0.2, 0.25) is 0 Å². The Balaban J connectivity index is 2.02. The Morgan fingerprint density at radius 2 is 1.12 bits per heavy atom. The van der Waals surface area contributed by atoms with Gasteiger partial charge in [-0.25, -0.2) is 0 Å². The van der Waals surface area contributed by atoms with Crippen molar-refractivity contribution in [1.29, 1.82) is 0 Å². The molecule has 0 aromatic carbocycles. The number of allylic oxidation sites excluding steroid dienone is 4. The van der Waals surface area contributed by atoms with E-state index in [-0.39, 0.29) is 0 Å². The highest BCUT2D eigenvalue weighted by Crippen LogP contribution is 2.43. The molecule has 0 atom stereocenters. The van der Waals surface area contributed by atoms with Crippen molar-refractivity contribution in [3.8, 4) is 0 Å². The lowest BCUT2D eigenvalue weighted by Gasteiger charge is -2.02. The topological polar surface area (TPSA) is 0 Å². The fourth-order valence-electron chi connectivity index (χ4n) is 2.31. The van der Waals surface area contributed by atoms with E-state index in [4.69, 9.17) is 0 Å². The van der Waals surface area contributed by atoms with Crippen LogP contribution in [-0.2, 0) is 0 Å². The molecule has 0 N–H and O–H groups in total. The van der Waals surface area contributed by atoms with Crippen molar-refractivity contribution in [2.45, 2.75) is 0 Å². The van der Waals surface area contributed by atoms with E-state index in [2.05, 4.69) is 47.2 Å². The van der Waals surface area contributed by atoms with Gasteiger partial charge in [0.05, 0.1) is 0 Å². The SMILES string of the molecule is C1=Cc2sccc2/C1=C1\C=Cc2sccc21. The number of hydrogen-bond acceptors (Lipinski definition) is 2. The van der Waals surface area contributed by atoms with Crippen LogP contribution in [0.5, 0.6) is 0 Å². The maximum atomic E-state index is 2.24. The Morgan fingerprint density at radius 1 is 0.625 bits per heavy atom. The van der Waals surface area contributed by atoms with Crippen LogP contribution in [0.15, 0.2) is 35.0 Å². The third-order valence-corrected chi connectivity index (χ3v) is 4.83. The van der Waals surface area contributed by atoms with Crippen LogP contribution in [0.3, 0.4) is 0 Å². The second kappa shape index (κ2) is 3.06. The summed E-state index contributed by atoms with van der Waals surface area (Å²) in [6.45, 7) is 0. The summed E-state index contributed by atoms with van der Waals surface area (Å²) in [5.41, 5.74) is 5.54. The summed E-state index contributed by atoms with van der Waals surface area (Å²) in [7, 11) is 0. The zero-order chi connectivity index (χ0) is 10.5. The average Bonchev–Trinajstić information content (AvgIpc) is 2.97. The number of rotatable bonds is 0. The first-order valence-electron chi connectivity index (χ1n) is 5.20. The molecule has 0 saturated carbocycles. The molecule has 76 valence electrons. The molecule has 0 radical (unpaired) electrons. The van der Waals surface area contributed by atoms with E-state index in [1.165, 1.54) is 32.0 Å². The average molecular weight is 240 g/mol. The van der Waals surface area contributed by atoms with Crippen molar-refractivity contribution < 1.29 is 0 Å². The minimum atomic E-state index is 1.38. The molecule has 2 heteroatoms. The van der Waals surface area contributed by atoms with Gasteiger partial charge < -0.3 is 0 Å². The summed E-state index contributed by atoms with van der Waals surface area (Å²) in [5, 5.41) is 4.34. The Bertz CT molecular complexity index is 604. The lowest BCUT2D eigenvalue weighted by atomic mass is 10.0. The molecule has 0 saturated heterocycles. The molecule has 2 aliphatic rings. The Hall–Kier alpha value is -1.38. The van der Waals surface area contributed by atoms with Crippen LogP contribution in [0.4, 0.5) is 0 Å². The zero-order valence-corrected chi connectivity index (χ0v) is 10.1. The standard InChI is InChI=1S/C14H8S2/c1-3-13-11(5-7-15-13)9(1)10-2-4-14-12(10)6-8-16-14/h1-8H/b10-9+. The molecule has 2 aliphatic carbocycles. The third kappa shape index (κ3) is 1.03. The van der Waals surface area contributed by atoms with E-state index >= 15 is 0 Å². The van der Waals surface area contributed by atoms with Crippen molar-refractivity contribution in [3.05, 3.63) is 55.9 Å². The highest BCUT2D eigenvalue weighted by molar-refractivity contribution is 7.11. The zero-order valence-electron chi connectivity index (χ0n) is 8.44. The molecule has 0 amide bonds. The van der Waals surface area contributed by atoms with Gasteiger partial charge in [0, 0.05) is 20.9 Å². The Labute approximate surface area is 102 Å². The van der Waals surface area contributed by atoms with Gasteiger partial charge >= 0.3 is 0 Å². The van der Waals surface area contributed by atoms with Crippen molar-refractivity contribution in [2.75, 3.05) is 0 Å². The van der Waals surface area contributed by atoms with Gasteiger partial charge in [0.15, 0.2) is 0 Å². The van der Waals surface area contributed by atoms with Gasteiger partial charge in [0.1, 0.15) is 0 Å². The van der Waals surface area contributed by atoms with Crippen LogP contribution < -0.4 is 0 Å². The second-order valence-electron chi connectivity index (χ2n) is 3.89. The molecule has 0 aliphatic heterocycles. The minimum absolute atomic E-state index is 1.38. The van der Waals surface area contributed by atoms with Crippen LogP contribution >= 0.6 is 22.7 Å². The van der Waals surface area contributed by atoms with Gasteiger partial charge in [-0.3, -0.25) is 0 Å². The van der Waals surface area contributed by atoms with Crippen molar-refractivity contribution >= 4 is 46.0 Å². The molecule has 2 aromatic rings. The van der Waals surface area contributed by atoms with Crippen LogP contribution in [0.25, 0.3) is 23.3 Å². The molecule has 2 heterocycles. The molecule has 0 unspecified atom stereocenters. The maximum absolute atomic E-state index is 2.24. The van der Waals surface area contributed by atoms with Gasteiger partial charge in [-0.1, -0.05) is 12.2 Å². The van der Waals surface area contributed by atoms with Crippen LogP contribution in [0.1, 0.15) is 20.9 Å². The highest BCUT2D eigenvalue weighted by Gasteiger charge is 2.20. The Kier molecular flexibility index (Phi) is 1.67. The molecule has 0 bridgehead atoms. The first-order chi connectivity index (χ1) is 7.93.